The van der Waals surface area contributed by atoms with E-state index >= 15 is 0 Å². The fraction of sp³-hybridized carbons (Fsp3) is 0.286. The van der Waals surface area contributed by atoms with Crippen LogP contribution in [0.3, 0.4) is 0 Å². The molecule has 0 aliphatic heterocycles. The summed E-state index contributed by atoms with van der Waals surface area (Å²) in [6.07, 6.45) is 0.558. The molecule has 0 aliphatic carbocycles. The molecule has 1 aromatic carbocycles. The van der Waals surface area contributed by atoms with Crippen molar-refractivity contribution in [3.63, 3.8) is 0 Å². The van der Waals surface area contributed by atoms with E-state index in [1.807, 2.05) is 20.2 Å². The first kappa shape index (κ1) is 15.2. The summed E-state index contributed by atoms with van der Waals surface area (Å²) >= 11 is 1.24. The highest BCUT2D eigenvalue weighted by Gasteiger charge is 2.16. The number of hydrogen-bond donors (Lipinski definition) is 2. The molecule has 0 spiro atoms. The van der Waals surface area contributed by atoms with Gasteiger partial charge in [-0.25, -0.2) is 9.37 Å². The van der Waals surface area contributed by atoms with E-state index in [2.05, 4.69) is 10.3 Å². The van der Waals surface area contributed by atoms with Crippen LogP contribution in [0.25, 0.3) is 0 Å². The van der Waals surface area contributed by atoms with E-state index in [0.717, 1.165) is 5.56 Å². The molecule has 0 bridgehead atoms. The minimum atomic E-state index is -0.277. The number of nitrogens with one attached hydrogen (secondary N) is 1. The number of nitrogens with zero attached hydrogens (tertiary/aromatic N) is 2. The third kappa shape index (κ3) is 3.91. The van der Waals surface area contributed by atoms with Gasteiger partial charge in [0.05, 0.1) is 0 Å². The maximum Gasteiger partial charge on any atom is 0.265 e. The van der Waals surface area contributed by atoms with Gasteiger partial charge in [-0.2, -0.15) is 0 Å². The van der Waals surface area contributed by atoms with Gasteiger partial charge in [-0.05, 0) is 24.1 Å². The molecule has 1 aromatic heterocycles. The number of nitrogen functional groups attached to an aromatic ring is 1. The Morgan fingerprint density at radius 1 is 1.48 bits per heavy atom. The molecule has 0 unspecified atom stereocenters. The quantitative estimate of drug-likeness (QED) is 0.885. The molecule has 0 atom stereocenters. The van der Waals surface area contributed by atoms with Crippen molar-refractivity contribution >= 4 is 28.2 Å². The SMILES string of the molecule is CN(C)c1nc(N)c(C(=O)NCCc2cccc(F)c2)s1. The summed E-state index contributed by atoms with van der Waals surface area (Å²) < 4.78 is 13.0. The molecule has 1 heterocycles. The monoisotopic (exact) mass is 308 g/mol. The van der Waals surface area contributed by atoms with Gasteiger partial charge in [-0.15, -0.1) is 0 Å². The maximum atomic E-state index is 13.0. The van der Waals surface area contributed by atoms with Gasteiger partial charge in [0.15, 0.2) is 5.13 Å². The number of carbonyl (C=O) groups is 1. The first-order chi connectivity index (χ1) is 9.97. The summed E-state index contributed by atoms with van der Waals surface area (Å²) in [5.74, 6) is -0.303. The van der Waals surface area contributed by atoms with Crippen LogP contribution in [-0.4, -0.2) is 31.5 Å². The Hall–Kier alpha value is -2.15. The number of benzene rings is 1. The van der Waals surface area contributed by atoms with E-state index in [0.29, 0.717) is 23.0 Å². The lowest BCUT2D eigenvalue weighted by atomic mass is 10.1. The van der Waals surface area contributed by atoms with Crippen LogP contribution in [0.5, 0.6) is 0 Å². The van der Waals surface area contributed by atoms with Gasteiger partial charge in [0.1, 0.15) is 16.5 Å². The molecule has 0 saturated carbocycles. The zero-order valence-electron chi connectivity index (χ0n) is 11.9. The first-order valence-corrected chi connectivity index (χ1v) is 7.25. The van der Waals surface area contributed by atoms with E-state index in [4.69, 9.17) is 5.73 Å². The van der Waals surface area contributed by atoms with Gasteiger partial charge in [0, 0.05) is 20.6 Å². The molecular formula is C14H17FN4OS. The van der Waals surface area contributed by atoms with Crippen LogP contribution in [0.15, 0.2) is 24.3 Å². The Kier molecular flexibility index (Phi) is 4.74. The molecule has 0 fully saturated rings. The molecule has 0 saturated heterocycles. The highest BCUT2D eigenvalue weighted by molar-refractivity contribution is 7.18. The van der Waals surface area contributed by atoms with Crippen molar-refractivity contribution < 1.29 is 9.18 Å². The highest BCUT2D eigenvalue weighted by Crippen LogP contribution is 2.26. The summed E-state index contributed by atoms with van der Waals surface area (Å²) in [6, 6.07) is 6.32. The largest absolute Gasteiger partial charge is 0.382 e. The summed E-state index contributed by atoms with van der Waals surface area (Å²) in [7, 11) is 3.67. The molecule has 2 aromatic rings. The second-order valence-corrected chi connectivity index (χ2v) is 5.72. The Bertz CT molecular complexity index is 642. The second kappa shape index (κ2) is 6.53. The molecule has 1 amide bonds. The zero-order chi connectivity index (χ0) is 15.4. The van der Waals surface area contributed by atoms with Crippen molar-refractivity contribution in [1.29, 1.82) is 0 Å². The van der Waals surface area contributed by atoms with Crippen molar-refractivity contribution in [3.05, 3.63) is 40.5 Å². The van der Waals surface area contributed by atoms with Crippen LogP contribution in [0.2, 0.25) is 0 Å². The van der Waals surface area contributed by atoms with E-state index in [1.165, 1.54) is 23.5 Å². The summed E-state index contributed by atoms with van der Waals surface area (Å²) in [6.45, 7) is 0.414. The molecule has 5 nitrogen and oxygen atoms in total. The van der Waals surface area contributed by atoms with Crippen molar-refractivity contribution in [2.45, 2.75) is 6.42 Å². The van der Waals surface area contributed by atoms with Crippen molar-refractivity contribution in [1.82, 2.24) is 10.3 Å². The summed E-state index contributed by atoms with van der Waals surface area (Å²) in [5, 5.41) is 3.45. The van der Waals surface area contributed by atoms with E-state index in [9.17, 15) is 9.18 Å². The number of rotatable bonds is 5. The lowest BCUT2D eigenvalue weighted by molar-refractivity contribution is 0.0959. The predicted octanol–water partition coefficient (Wildman–Crippen LogP) is 1.90. The molecular weight excluding hydrogens is 291 g/mol. The highest BCUT2D eigenvalue weighted by atomic mass is 32.1. The van der Waals surface area contributed by atoms with Gasteiger partial charge in [-0.3, -0.25) is 4.79 Å². The van der Waals surface area contributed by atoms with Crippen molar-refractivity contribution in [3.8, 4) is 0 Å². The van der Waals surface area contributed by atoms with E-state index < -0.39 is 0 Å². The Morgan fingerprint density at radius 2 is 2.24 bits per heavy atom. The molecule has 3 N–H and O–H groups in total. The van der Waals surface area contributed by atoms with Crippen LogP contribution in [0, 0.1) is 5.82 Å². The lowest BCUT2D eigenvalue weighted by Crippen LogP contribution is -2.25. The van der Waals surface area contributed by atoms with Crippen LogP contribution < -0.4 is 16.0 Å². The molecule has 21 heavy (non-hydrogen) atoms. The standard InChI is InChI=1S/C14H17FN4OS/c1-19(2)14-18-12(16)11(21-14)13(20)17-7-6-9-4-3-5-10(15)8-9/h3-5,8H,6-7,16H2,1-2H3,(H,17,20). The van der Waals surface area contributed by atoms with E-state index in [-0.39, 0.29) is 17.5 Å². The fourth-order valence-electron chi connectivity index (χ4n) is 1.77. The third-order valence-electron chi connectivity index (χ3n) is 2.82. The minimum absolute atomic E-state index is 0.229. The minimum Gasteiger partial charge on any atom is -0.382 e. The Balaban J connectivity index is 1.93. The smallest absolute Gasteiger partial charge is 0.265 e. The number of aromatic nitrogens is 1. The lowest BCUT2D eigenvalue weighted by Gasteiger charge is -2.05. The van der Waals surface area contributed by atoms with Gasteiger partial charge in [0.2, 0.25) is 0 Å². The maximum absolute atomic E-state index is 13.0. The Morgan fingerprint density at radius 3 is 2.86 bits per heavy atom. The van der Waals surface area contributed by atoms with E-state index in [1.54, 1.807) is 11.0 Å². The van der Waals surface area contributed by atoms with Crippen LogP contribution in [0.1, 0.15) is 15.2 Å². The number of anilines is 2. The first-order valence-electron chi connectivity index (χ1n) is 6.43. The van der Waals surface area contributed by atoms with Crippen LogP contribution in [0.4, 0.5) is 15.3 Å². The molecule has 112 valence electrons. The van der Waals surface area contributed by atoms with Gasteiger partial charge >= 0.3 is 0 Å². The van der Waals surface area contributed by atoms with Gasteiger partial charge in [-0.1, -0.05) is 23.5 Å². The predicted molar refractivity (Wildman–Crippen MR) is 83.3 cm³/mol. The number of hydrogen-bond acceptors (Lipinski definition) is 5. The molecule has 0 radical (unpaired) electrons. The summed E-state index contributed by atoms with van der Waals surface area (Å²) in [5.41, 5.74) is 6.58. The molecule has 2 rings (SSSR count). The fourth-order valence-corrected chi connectivity index (χ4v) is 2.59. The van der Waals surface area contributed by atoms with Crippen molar-refractivity contribution in [2.24, 2.45) is 0 Å². The second-order valence-electron chi connectivity index (χ2n) is 4.74. The number of halogens is 1. The Labute approximate surface area is 126 Å². The van der Waals surface area contributed by atoms with Gasteiger partial charge in [0.25, 0.3) is 5.91 Å². The molecule has 7 heteroatoms. The number of thiazole rings is 1. The summed E-state index contributed by atoms with van der Waals surface area (Å²) in [4.78, 5) is 18.4. The normalized spacial score (nSPS) is 10.4. The molecule has 0 aliphatic rings. The number of amides is 1. The van der Waals surface area contributed by atoms with Crippen LogP contribution in [-0.2, 0) is 6.42 Å². The number of carbonyl (C=O) groups excluding carboxylic acids is 1. The zero-order valence-corrected chi connectivity index (χ0v) is 12.7. The average Bonchev–Trinajstić information content (AvgIpc) is 2.81. The topological polar surface area (TPSA) is 71.2 Å². The third-order valence-corrected chi connectivity index (χ3v) is 4.06. The number of nitrogens with two attached hydrogens (primary N) is 1. The average molecular weight is 308 g/mol. The van der Waals surface area contributed by atoms with Gasteiger partial charge < -0.3 is 16.0 Å². The van der Waals surface area contributed by atoms with Crippen molar-refractivity contribution in [2.75, 3.05) is 31.3 Å². The van der Waals surface area contributed by atoms with Crippen LogP contribution >= 0.6 is 11.3 Å².